The summed E-state index contributed by atoms with van der Waals surface area (Å²) < 4.78 is 13.3. The van der Waals surface area contributed by atoms with Crippen molar-refractivity contribution in [1.29, 1.82) is 0 Å². The lowest BCUT2D eigenvalue weighted by Gasteiger charge is -2.33. The molecule has 1 N–H and O–H groups in total. The molecule has 2 heterocycles. The van der Waals surface area contributed by atoms with Crippen LogP contribution in [-0.2, 0) is 11.2 Å². The Kier molecular flexibility index (Phi) is 6.04. The van der Waals surface area contributed by atoms with Crippen molar-refractivity contribution in [3.8, 4) is 0 Å². The van der Waals surface area contributed by atoms with Gasteiger partial charge in [-0.25, -0.2) is 4.39 Å². The Bertz CT molecular complexity index is 929. The van der Waals surface area contributed by atoms with Crippen molar-refractivity contribution in [1.82, 2.24) is 15.2 Å². The van der Waals surface area contributed by atoms with Crippen LogP contribution in [0.3, 0.4) is 0 Å². The Morgan fingerprint density at radius 3 is 2.63 bits per heavy atom. The highest BCUT2D eigenvalue weighted by molar-refractivity contribution is 6.31. The fourth-order valence-corrected chi connectivity index (χ4v) is 4.60. The number of aryl methyl sites for hydroxylation is 1. The van der Waals surface area contributed by atoms with Crippen LogP contribution in [0.15, 0.2) is 42.7 Å². The van der Waals surface area contributed by atoms with Crippen molar-refractivity contribution < 1.29 is 14.0 Å². The molecule has 2 fully saturated rings. The maximum Gasteiger partial charge on any atom is 0.253 e. The van der Waals surface area contributed by atoms with Gasteiger partial charge in [0, 0.05) is 43.5 Å². The van der Waals surface area contributed by atoms with E-state index in [-0.39, 0.29) is 28.2 Å². The number of piperidine rings is 1. The summed E-state index contributed by atoms with van der Waals surface area (Å²) in [5.74, 6) is -0.478. The van der Waals surface area contributed by atoms with Gasteiger partial charge in [0.2, 0.25) is 5.91 Å². The zero-order valence-corrected chi connectivity index (χ0v) is 17.5. The summed E-state index contributed by atoms with van der Waals surface area (Å²) in [4.78, 5) is 31.0. The normalized spacial score (nSPS) is 19.5. The summed E-state index contributed by atoms with van der Waals surface area (Å²) in [6.45, 7) is 1.89. The van der Waals surface area contributed by atoms with E-state index in [1.807, 2.05) is 12.1 Å². The Morgan fingerprint density at radius 2 is 1.93 bits per heavy atom. The number of hydrogen-bond acceptors (Lipinski definition) is 3. The molecule has 7 heteroatoms. The summed E-state index contributed by atoms with van der Waals surface area (Å²) in [5, 5.41) is 3.03. The second kappa shape index (κ2) is 8.72. The molecule has 1 aromatic heterocycles. The maximum atomic E-state index is 13.3. The predicted molar refractivity (Wildman–Crippen MR) is 113 cm³/mol. The first-order valence-electron chi connectivity index (χ1n) is 10.4. The van der Waals surface area contributed by atoms with Gasteiger partial charge in [0.25, 0.3) is 5.91 Å². The van der Waals surface area contributed by atoms with Crippen LogP contribution in [0.4, 0.5) is 4.39 Å². The molecule has 1 spiro atoms. The van der Waals surface area contributed by atoms with Gasteiger partial charge in [-0.1, -0.05) is 11.6 Å². The molecule has 0 radical (unpaired) electrons. The lowest BCUT2D eigenvalue weighted by Crippen LogP contribution is -2.40. The number of carbonyl (C=O) groups excluding carboxylic acids is 2. The Morgan fingerprint density at radius 1 is 1.20 bits per heavy atom. The molecule has 2 aromatic rings. The van der Waals surface area contributed by atoms with E-state index in [1.165, 1.54) is 23.8 Å². The quantitative estimate of drug-likeness (QED) is 0.709. The first-order valence-corrected chi connectivity index (χ1v) is 10.8. The molecular formula is C23H25ClFN3O2. The van der Waals surface area contributed by atoms with Crippen molar-refractivity contribution in [2.24, 2.45) is 11.3 Å². The summed E-state index contributed by atoms with van der Waals surface area (Å²) in [6, 6.07) is 8.05. The fourth-order valence-electron chi connectivity index (χ4n) is 4.41. The molecule has 1 aliphatic carbocycles. The van der Waals surface area contributed by atoms with Crippen LogP contribution in [0.25, 0.3) is 0 Å². The first-order chi connectivity index (χ1) is 14.5. The fraction of sp³-hybridized carbons (Fsp3) is 0.435. The molecule has 30 heavy (non-hydrogen) atoms. The van der Waals surface area contributed by atoms with Crippen molar-refractivity contribution in [2.45, 2.75) is 32.1 Å². The number of nitrogens with zero attached hydrogens (tertiary/aromatic N) is 2. The minimum Gasteiger partial charge on any atom is -0.356 e. The standard InChI is InChI=1S/C23H25ClFN3O2/c24-19-14-17(3-4-20(19)25)22(30)28-12-7-23(8-13-28)15-18(23)21(29)27-9-1-2-16-5-10-26-11-6-16/h3-6,10-11,14,18H,1-2,7-9,12-13,15H2,(H,27,29)/t18-/m1/s1. The van der Waals surface area contributed by atoms with E-state index in [0.717, 1.165) is 32.1 Å². The Balaban J connectivity index is 1.22. The molecule has 1 saturated heterocycles. The smallest absolute Gasteiger partial charge is 0.253 e. The highest BCUT2D eigenvalue weighted by Gasteiger charge is 2.58. The average molecular weight is 430 g/mol. The number of amides is 2. The summed E-state index contributed by atoms with van der Waals surface area (Å²) in [5.41, 5.74) is 1.66. The Labute approximate surface area is 180 Å². The average Bonchev–Trinajstić information content (AvgIpc) is 3.47. The summed E-state index contributed by atoms with van der Waals surface area (Å²) >= 11 is 5.80. The van der Waals surface area contributed by atoms with Crippen molar-refractivity contribution in [3.05, 3.63) is 64.7 Å². The van der Waals surface area contributed by atoms with Crippen LogP contribution in [0.5, 0.6) is 0 Å². The van der Waals surface area contributed by atoms with E-state index in [1.54, 1.807) is 17.3 Å². The molecular weight excluding hydrogens is 405 g/mol. The zero-order valence-electron chi connectivity index (χ0n) is 16.7. The van der Waals surface area contributed by atoms with Gasteiger partial charge in [-0.15, -0.1) is 0 Å². The number of likely N-dealkylation sites (tertiary alicyclic amines) is 1. The lowest BCUT2D eigenvalue weighted by atomic mass is 9.90. The molecule has 1 aromatic carbocycles. The third-order valence-electron chi connectivity index (χ3n) is 6.41. The monoisotopic (exact) mass is 429 g/mol. The van der Waals surface area contributed by atoms with Crippen LogP contribution < -0.4 is 5.32 Å². The molecule has 2 amide bonds. The highest BCUT2D eigenvalue weighted by atomic mass is 35.5. The predicted octanol–water partition coefficient (Wildman–Crippen LogP) is 3.87. The van der Waals surface area contributed by atoms with Crippen molar-refractivity contribution in [2.75, 3.05) is 19.6 Å². The minimum atomic E-state index is -0.529. The number of benzene rings is 1. The van der Waals surface area contributed by atoms with Gasteiger partial charge in [-0.05, 0) is 73.4 Å². The van der Waals surface area contributed by atoms with Crippen LogP contribution in [-0.4, -0.2) is 41.3 Å². The number of carbonyl (C=O) groups is 2. The van der Waals surface area contributed by atoms with Crippen LogP contribution in [0.1, 0.15) is 41.6 Å². The second-order valence-corrected chi connectivity index (χ2v) is 8.70. The number of nitrogens with one attached hydrogen (secondary N) is 1. The molecule has 5 nitrogen and oxygen atoms in total. The van der Waals surface area contributed by atoms with Gasteiger partial charge in [0.1, 0.15) is 5.82 Å². The third kappa shape index (κ3) is 4.48. The topological polar surface area (TPSA) is 62.3 Å². The molecule has 1 saturated carbocycles. The number of rotatable bonds is 6. The molecule has 1 aliphatic heterocycles. The SMILES string of the molecule is O=C(NCCCc1ccncc1)[C@H]1CC12CCN(C(=O)c1ccc(F)c(Cl)c1)CC2. The van der Waals surface area contributed by atoms with Gasteiger partial charge in [0.05, 0.1) is 5.02 Å². The molecule has 0 bridgehead atoms. The van der Waals surface area contributed by atoms with E-state index in [9.17, 15) is 14.0 Å². The van der Waals surface area contributed by atoms with Crippen LogP contribution in [0, 0.1) is 17.2 Å². The number of aromatic nitrogens is 1. The zero-order chi connectivity index (χ0) is 21.1. The van der Waals surface area contributed by atoms with Gasteiger partial charge >= 0.3 is 0 Å². The largest absolute Gasteiger partial charge is 0.356 e. The van der Waals surface area contributed by atoms with E-state index < -0.39 is 5.82 Å². The third-order valence-corrected chi connectivity index (χ3v) is 6.70. The number of halogens is 2. The van der Waals surface area contributed by atoms with Gasteiger partial charge in [-0.3, -0.25) is 14.6 Å². The summed E-state index contributed by atoms with van der Waals surface area (Å²) in [7, 11) is 0. The van der Waals surface area contributed by atoms with Gasteiger partial charge in [0.15, 0.2) is 0 Å². The van der Waals surface area contributed by atoms with E-state index in [0.29, 0.717) is 25.2 Å². The maximum absolute atomic E-state index is 13.3. The van der Waals surface area contributed by atoms with E-state index >= 15 is 0 Å². The van der Waals surface area contributed by atoms with Crippen molar-refractivity contribution in [3.63, 3.8) is 0 Å². The van der Waals surface area contributed by atoms with Gasteiger partial charge in [-0.2, -0.15) is 0 Å². The van der Waals surface area contributed by atoms with Crippen LogP contribution >= 0.6 is 11.6 Å². The second-order valence-electron chi connectivity index (χ2n) is 8.29. The van der Waals surface area contributed by atoms with E-state index in [2.05, 4.69) is 10.3 Å². The minimum absolute atomic E-state index is 0.0341. The van der Waals surface area contributed by atoms with Gasteiger partial charge < -0.3 is 10.2 Å². The molecule has 1 atom stereocenters. The Hall–Kier alpha value is -2.47. The van der Waals surface area contributed by atoms with Crippen LogP contribution in [0.2, 0.25) is 5.02 Å². The first kappa shape index (κ1) is 20.8. The number of pyridine rings is 1. The molecule has 2 aliphatic rings. The lowest BCUT2D eigenvalue weighted by molar-refractivity contribution is -0.123. The number of hydrogen-bond donors (Lipinski definition) is 1. The molecule has 4 rings (SSSR count). The van der Waals surface area contributed by atoms with Crippen molar-refractivity contribution >= 4 is 23.4 Å². The highest BCUT2D eigenvalue weighted by Crippen LogP contribution is 2.59. The molecule has 158 valence electrons. The van der Waals surface area contributed by atoms with E-state index in [4.69, 9.17) is 11.6 Å². The molecule has 0 unspecified atom stereocenters. The summed E-state index contributed by atoms with van der Waals surface area (Å²) in [6.07, 6.45) is 7.92.